The molecule has 0 aromatic carbocycles. The van der Waals surface area contributed by atoms with Crippen LogP contribution in [-0.4, -0.2) is 15.1 Å². The van der Waals surface area contributed by atoms with E-state index in [2.05, 4.69) is 31.1 Å². The minimum absolute atomic E-state index is 0.215. The van der Waals surface area contributed by atoms with Crippen molar-refractivity contribution >= 4 is 15.9 Å². The van der Waals surface area contributed by atoms with Crippen molar-refractivity contribution in [2.45, 2.75) is 19.9 Å². The highest BCUT2D eigenvalue weighted by Gasteiger charge is 2.18. The lowest BCUT2D eigenvalue weighted by Gasteiger charge is -2.09. The van der Waals surface area contributed by atoms with Crippen LogP contribution in [-0.2, 0) is 0 Å². The van der Waals surface area contributed by atoms with Gasteiger partial charge in [-0.05, 0) is 27.9 Å². The van der Waals surface area contributed by atoms with Crippen LogP contribution in [0.3, 0.4) is 0 Å². The van der Waals surface area contributed by atoms with E-state index in [1.54, 1.807) is 12.4 Å². The van der Waals surface area contributed by atoms with Gasteiger partial charge in [-0.15, -0.1) is 0 Å². The first-order valence-corrected chi connectivity index (χ1v) is 6.07. The molecule has 0 aliphatic heterocycles. The molecular weight excluding hydrogens is 284 g/mol. The molecule has 90 valence electrons. The Balaban J connectivity index is 2.30. The molecule has 17 heavy (non-hydrogen) atoms. The van der Waals surface area contributed by atoms with Crippen LogP contribution in [0, 0.1) is 5.92 Å². The lowest BCUT2D eigenvalue weighted by Crippen LogP contribution is -2.18. The Bertz CT molecular complexity index is 512. The van der Waals surface area contributed by atoms with E-state index in [1.807, 2.05) is 19.9 Å². The molecule has 0 aliphatic rings. The van der Waals surface area contributed by atoms with Crippen LogP contribution in [0.15, 0.2) is 27.5 Å². The van der Waals surface area contributed by atoms with E-state index in [4.69, 9.17) is 10.3 Å². The standard InChI is InChI=1S/C11H13BrN4O/c1-6(2)9(13)10-15-11(17-16-10)7-3-8(12)5-14-4-7/h3-6,9H,13H2,1-2H3. The maximum atomic E-state index is 5.95. The average Bonchev–Trinajstić information content (AvgIpc) is 2.77. The van der Waals surface area contributed by atoms with Crippen molar-refractivity contribution in [1.29, 1.82) is 0 Å². The van der Waals surface area contributed by atoms with Crippen molar-refractivity contribution in [1.82, 2.24) is 15.1 Å². The van der Waals surface area contributed by atoms with Crippen molar-refractivity contribution in [3.63, 3.8) is 0 Å². The highest BCUT2D eigenvalue weighted by atomic mass is 79.9. The Morgan fingerprint density at radius 2 is 2.12 bits per heavy atom. The third-order valence-electron chi connectivity index (χ3n) is 2.41. The molecule has 0 spiro atoms. The van der Waals surface area contributed by atoms with Gasteiger partial charge in [0.25, 0.3) is 5.89 Å². The SMILES string of the molecule is CC(C)C(N)c1noc(-c2cncc(Br)c2)n1. The van der Waals surface area contributed by atoms with Gasteiger partial charge in [-0.2, -0.15) is 4.98 Å². The van der Waals surface area contributed by atoms with Gasteiger partial charge in [0.1, 0.15) is 0 Å². The molecule has 6 heteroatoms. The van der Waals surface area contributed by atoms with E-state index in [9.17, 15) is 0 Å². The number of rotatable bonds is 3. The molecule has 0 saturated carbocycles. The fourth-order valence-electron chi connectivity index (χ4n) is 1.31. The summed E-state index contributed by atoms with van der Waals surface area (Å²) in [7, 11) is 0. The minimum Gasteiger partial charge on any atom is -0.334 e. The Morgan fingerprint density at radius 1 is 1.35 bits per heavy atom. The van der Waals surface area contributed by atoms with Gasteiger partial charge in [0, 0.05) is 16.9 Å². The monoisotopic (exact) mass is 296 g/mol. The highest BCUT2D eigenvalue weighted by molar-refractivity contribution is 9.10. The zero-order valence-electron chi connectivity index (χ0n) is 9.59. The Hall–Kier alpha value is -1.27. The van der Waals surface area contributed by atoms with E-state index >= 15 is 0 Å². The van der Waals surface area contributed by atoms with E-state index in [0.717, 1.165) is 10.0 Å². The average molecular weight is 297 g/mol. The Kier molecular flexibility index (Phi) is 3.54. The van der Waals surface area contributed by atoms with E-state index < -0.39 is 0 Å². The van der Waals surface area contributed by atoms with Crippen molar-refractivity contribution in [3.05, 3.63) is 28.8 Å². The summed E-state index contributed by atoms with van der Waals surface area (Å²) >= 11 is 3.34. The molecule has 2 rings (SSSR count). The first-order valence-electron chi connectivity index (χ1n) is 5.28. The summed E-state index contributed by atoms with van der Waals surface area (Å²) < 4.78 is 6.04. The van der Waals surface area contributed by atoms with Gasteiger partial charge in [-0.25, -0.2) is 0 Å². The number of hydrogen-bond acceptors (Lipinski definition) is 5. The largest absolute Gasteiger partial charge is 0.334 e. The first kappa shape index (κ1) is 12.2. The second-order valence-corrected chi connectivity index (χ2v) is 5.04. The summed E-state index contributed by atoms with van der Waals surface area (Å²) in [5.74, 6) is 1.22. The van der Waals surface area contributed by atoms with Crippen LogP contribution in [0.4, 0.5) is 0 Å². The van der Waals surface area contributed by atoms with Crippen molar-refractivity contribution in [2.24, 2.45) is 11.7 Å². The number of nitrogens with zero attached hydrogens (tertiary/aromatic N) is 3. The molecule has 0 aliphatic carbocycles. The first-order chi connectivity index (χ1) is 8.08. The second kappa shape index (κ2) is 4.93. The number of aromatic nitrogens is 3. The van der Waals surface area contributed by atoms with Crippen LogP contribution < -0.4 is 5.73 Å². The summed E-state index contributed by atoms with van der Waals surface area (Å²) in [4.78, 5) is 8.32. The molecule has 0 fully saturated rings. The molecule has 0 saturated heterocycles. The smallest absolute Gasteiger partial charge is 0.259 e. The van der Waals surface area contributed by atoms with Gasteiger partial charge in [0.15, 0.2) is 5.82 Å². The van der Waals surface area contributed by atoms with E-state index in [-0.39, 0.29) is 12.0 Å². The number of halogens is 1. The molecular formula is C11H13BrN4O. The lowest BCUT2D eigenvalue weighted by atomic mass is 10.1. The van der Waals surface area contributed by atoms with Crippen LogP contribution in [0.2, 0.25) is 0 Å². The van der Waals surface area contributed by atoms with Crippen molar-refractivity contribution in [2.75, 3.05) is 0 Å². The van der Waals surface area contributed by atoms with Crippen LogP contribution >= 0.6 is 15.9 Å². The van der Waals surface area contributed by atoms with E-state index in [0.29, 0.717) is 11.7 Å². The maximum absolute atomic E-state index is 5.95. The van der Waals surface area contributed by atoms with Crippen LogP contribution in [0.25, 0.3) is 11.5 Å². The molecule has 1 unspecified atom stereocenters. The van der Waals surface area contributed by atoms with Crippen molar-refractivity contribution in [3.8, 4) is 11.5 Å². The fraction of sp³-hybridized carbons (Fsp3) is 0.364. The third-order valence-corrected chi connectivity index (χ3v) is 2.84. The van der Waals surface area contributed by atoms with Crippen LogP contribution in [0.1, 0.15) is 25.7 Å². The lowest BCUT2D eigenvalue weighted by molar-refractivity contribution is 0.400. The fourth-order valence-corrected chi connectivity index (χ4v) is 1.68. The molecule has 0 amide bonds. The molecule has 2 heterocycles. The quantitative estimate of drug-likeness (QED) is 0.942. The van der Waals surface area contributed by atoms with Gasteiger partial charge in [0.2, 0.25) is 0 Å². The molecule has 2 aromatic heterocycles. The van der Waals surface area contributed by atoms with Crippen LogP contribution in [0.5, 0.6) is 0 Å². The zero-order chi connectivity index (χ0) is 12.4. The Morgan fingerprint density at radius 3 is 2.76 bits per heavy atom. The van der Waals surface area contributed by atoms with Gasteiger partial charge >= 0.3 is 0 Å². The summed E-state index contributed by atoms with van der Waals surface area (Å²) in [6, 6.07) is 1.65. The minimum atomic E-state index is -0.215. The summed E-state index contributed by atoms with van der Waals surface area (Å²) in [6.07, 6.45) is 3.36. The third kappa shape index (κ3) is 2.70. The van der Waals surface area contributed by atoms with E-state index in [1.165, 1.54) is 0 Å². The van der Waals surface area contributed by atoms with Gasteiger partial charge in [-0.1, -0.05) is 19.0 Å². The normalized spacial score (nSPS) is 13.0. The summed E-state index contributed by atoms with van der Waals surface area (Å²) in [5, 5.41) is 3.89. The van der Waals surface area contributed by atoms with Gasteiger partial charge in [-0.3, -0.25) is 4.98 Å². The number of hydrogen-bond donors (Lipinski definition) is 1. The molecule has 0 radical (unpaired) electrons. The molecule has 0 bridgehead atoms. The molecule has 5 nitrogen and oxygen atoms in total. The summed E-state index contributed by atoms with van der Waals surface area (Å²) in [6.45, 7) is 4.03. The Labute approximate surface area is 108 Å². The zero-order valence-corrected chi connectivity index (χ0v) is 11.2. The highest BCUT2D eigenvalue weighted by Crippen LogP contribution is 2.22. The maximum Gasteiger partial charge on any atom is 0.259 e. The second-order valence-electron chi connectivity index (χ2n) is 4.12. The molecule has 2 aromatic rings. The summed E-state index contributed by atoms with van der Waals surface area (Å²) in [5.41, 5.74) is 6.72. The predicted molar refractivity (Wildman–Crippen MR) is 67.0 cm³/mol. The molecule has 1 atom stereocenters. The van der Waals surface area contributed by atoms with Crippen molar-refractivity contribution < 1.29 is 4.52 Å². The topological polar surface area (TPSA) is 77.8 Å². The predicted octanol–water partition coefficient (Wildman–Crippen LogP) is 2.55. The van der Waals surface area contributed by atoms with Gasteiger partial charge < -0.3 is 10.3 Å². The van der Waals surface area contributed by atoms with Gasteiger partial charge in [0.05, 0.1) is 11.6 Å². The molecule has 2 N–H and O–H groups in total. The number of pyridine rings is 1. The number of nitrogens with two attached hydrogens (primary N) is 1.